The zero-order valence-corrected chi connectivity index (χ0v) is 27.1. The average Bonchev–Trinajstić information content (AvgIpc) is 2.97. The minimum absolute atomic E-state index is 0.0121. The third-order valence-corrected chi connectivity index (χ3v) is 7.82. The van der Waals surface area contributed by atoms with E-state index in [1.54, 1.807) is 7.11 Å². The van der Waals surface area contributed by atoms with Gasteiger partial charge in [-0.1, -0.05) is 97.3 Å². The highest BCUT2D eigenvalue weighted by molar-refractivity contribution is 5.69. The molecule has 0 aromatic carbocycles. The number of carbonyl (C=O) groups excluding carboxylic acids is 1. The Kier molecular flexibility index (Phi) is 22.8. The molecule has 0 saturated heterocycles. The summed E-state index contributed by atoms with van der Waals surface area (Å²) in [6.07, 6.45) is 22.9. The quantitative estimate of drug-likeness (QED) is 0.0615. The lowest BCUT2D eigenvalue weighted by atomic mass is 10.0. The number of methoxy groups -OCH3 is 1. The fourth-order valence-electron chi connectivity index (χ4n) is 5.06. The summed E-state index contributed by atoms with van der Waals surface area (Å²) in [5.41, 5.74) is 0.772. The molecular weight excluding hydrogens is 532 g/mol. The molecule has 0 aliphatic carbocycles. The van der Waals surface area contributed by atoms with Crippen molar-refractivity contribution in [2.24, 2.45) is 0 Å². The first kappa shape index (κ1) is 37.8. The Balaban J connectivity index is 2.22. The summed E-state index contributed by atoms with van der Waals surface area (Å²) in [5, 5.41) is 12.0. The molecule has 42 heavy (non-hydrogen) atoms. The van der Waals surface area contributed by atoms with Crippen LogP contribution in [-0.2, 0) is 32.0 Å². The van der Waals surface area contributed by atoms with Crippen LogP contribution in [0.1, 0.15) is 135 Å². The smallest absolute Gasteiger partial charge is 0.409 e. The second-order valence-corrected chi connectivity index (χ2v) is 11.6. The van der Waals surface area contributed by atoms with Crippen LogP contribution in [-0.4, -0.2) is 49.3 Å². The summed E-state index contributed by atoms with van der Waals surface area (Å²) >= 11 is 0. The number of pyridine rings is 1. The summed E-state index contributed by atoms with van der Waals surface area (Å²) in [4.78, 5) is 23.6. The third kappa shape index (κ3) is 19.8. The van der Waals surface area contributed by atoms with E-state index >= 15 is 0 Å². The predicted molar refractivity (Wildman–Crippen MR) is 167 cm³/mol. The van der Waals surface area contributed by atoms with Crippen LogP contribution in [0.4, 0.5) is 4.79 Å². The van der Waals surface area contributed by atoms with E-state index in [9.17, 15) is 9.59 Å². The molecule has 0 fully saturated rings. The number of aryl methyl sites for hydroxylation is 1. The second kappa shape index (κ2) is 25.3. The van der Waals surface area contributed by atoms with E-state index in [0.29, 0.717) is 6.61 Å². The van der Waals surface area contributed by atoms with Gasteiger partial charge >= 0.3 is 12.1 Å². The number of ether oxygens (including phenoxy) is 3. The highest BCUT2D eigenvalue weighted by atomic mass is 16.7. The maximum absolute atomic E-state index is 12.6. The molecule has 3 atom stereocenters. The standard InChI is InChI=1S/C34H60N2O6/c1-5-7-8-9-10-11-12-13-14-15-16-17-18-23-31(6-2)35-34(39)42-33(29(3)40-4)41-26-20-19-24-36-25-21-22-30(28-36)27-32(37)38/h21-22,25,28-29,31,33H,5-20,23-24,26-27H2,1-4H3,(H-,35,37,38,39)/p+1. The minimum Gasteiger partial charge on any atom is -0.481 e. The number of rotatable bonds is 27. The number of hydrogen-bond donors (Lipinski definition) is 2. The first-order chi connectivity index (χ1) is 20.4. The highest BCUT2D eigenvalue weighted by Crippen LogP contribution is 2.14. The normalized spacial score (nSPS) is 13.4. The van der Waals surface area contributed by atoms with Crippen LogP contribution in [0, 0.1) is 0 Å². The van der Waals surface area contributed by atoms with E-state index in [4.69, 9.17) is 19.3 Å². The average molecular weight is 594 g/mol. The molecule has 3 unspecified atom stereocenters. The van der Waals surface area contributed by atoms with E-state index in [1.165, 1.54) is 77.0 Å². The Morgan fingerprint density at radius 1 is 0.905 bits per heavy atom. The van der Waals surface area contributed by atoms with Gasteiger partial charge in [0.05, 0.1) is 13.0 Å². The van der Waals surface area contributed by atoms with Crippen molar-refractivity contribution in [1.29, 1.82) is 0 Å². The van der Waals surface area contributed by atoms with Crippen molar-refractivity contribution >= 4 is 12.1 Å². The molecule has 1 amide bonds. The molecule has 1 heterocycles. The maximum Gasteiger partial charge on any atom is 0.409 e. The lowest BCUT2D eigenvalue weighted by Crippen LogP contribution is -2.41. The van der Waals surface area contributed by atoms with Crippen LogP contribution in [0.5, 0.6) is 0 Å². The molecule has 0 spiro atoms. The number of nitrogens with zero attached hydrogens (tertiary/aromatic N) is 1. The van der Waals surface area contributed by atoms with Gasteiger partial charge in [-0.15, -0.1) is 0 Å². The molecule has 1 rings (SSSR count). The molecule has 0 bridgehead atoms. The number of alkyl carbamates (subject to hydrolysis) is 1. The van der Waals surface area contributed by atoms with Gasteiger partial charge in [-0.3, -0.25) is 4.79 Å². The van der Waals surface area contributed by atoms with Gasteiger partial charge in [-0.2, -0.15) is 0 Å². The SMILES string of the molecule is CCCCCCCCCCCCCCCC(CC)NC(=O)OC(OCCCC[n+]1cccc(CC(=O)O)c1)C(C)OC. The van der Waals surface area contributed by atoms with Gasteiger partial charge < -0.3 is 24.6 Å². The van der Waals surface area contributed by atoms with Crippen LogP contribution in [0.2, 0.25) is 0 Å². The fourth-order valence-corrected chi connectivity index (χ4v) is 5.06. The van der Waals surface area contributed by atoms with Crippen molar-refractivity contribution in [1.82, 2.24) is 5.32 Å². The Morgan fingerprint density at radius 3 is 2.10 bits per heavy atom. The second-order valence-electron chi connectivity index (χ2n) is 11.6. The Labute approximate surface area is 255 Å². The van der Waals surface area contributed by atoms with Crippen LogP contribution >= 0.6 is 0 Å². The number of hydrogen-bond acceptors (Lipinski definition) is 5. The van der Waals surface area contributed by atoms with Crippen molar-refractivity contribution in [3.05, 3.63) is 30.1 Å². The molecule has 242 valence electrons. The Bertz CT molecular complexity index is 821. The van der Waals surface area contributed by atoms with Crippen molar-refractivity contribution in [2.75, 3.05) is 13.7 Å². The minimum atomic E-state index is -0.840. The van der Waals surface area contributed by atoms with E-state index in [2.05, 4.69) is 19.2 Å². The molecule has 0 saturated carbocycles. The molecule has 8 nitrogen and oxygen atoms in total. The molecule has 0 aliphatic heterocycles. The van der Waals surface area contributed by atoms with Crippen LogP contribution < -0.4 is 9.88 Å². The number of nitrogens with one attached hydrogen (secondary N) is 1. The van der Waals surface area contributed by atoms with E-state index in [-0.39, 0.29) is 18.6 Å². The molecular formula is C34H61N2O6+. The zero-order valence-electron chi connectivity index (χ0n) is 27.1. The Morgan fingerprint density at radius 2 is 1.52 bits per heavy atom. The number of aliphatic carboxylic acids is 1. The number of unbranched alkanes of at least 4 members (excludes halogenated alkanes) is 13. The van der Waals surface area contributed by atoms with Gasteiger partial charge in [0, 0.05) is 31.2 Å². The molecule has 2 N–H and O–H groups in total. The summed E-state index contributed by atoms with van der Waals surface area (Å²) < 4.78 is 18.9. The van der Waals surface area contributed by atoms with Gasteiger partial charge in [0.2, 0.25) is 6.29 Å². The fraction of sp³-hybridized carbons (Fsp3) is 0.794. The summed E-state index contributed by atoms with van der Waals surface area (Å²) in [6, 6.07) is 3.77. The first-order valence-corrected chi connectivity index (χ1v) is 16.7. The predicted octanol–water partition coefficient (Wildman–Crippen LogP) is 7.75. The molecule has 1 aromatic rings. The molecule has 0 aliphatic rings. The number of amides is 1. The maximum atomic E-state index is 12.6. The topological polar surface area (TPSA) is 98.0 Å². The van der Waals surface area contributed by atoms with E-state index in [0.717, 1.165) is 44.2 Å². The molecule has 0 radical (unpaired) electrons. The van der Waals surface area contributed by atoms with Gasteiger partial charge in [-0.25, -0.2) is 9.36 Å². The highest BCUT2D eigenvalue weighted by Gasteiger charge is 2.23. The van der Waals surface area contributed by atoms with Gasteiger partial charge in [0.1, 0.15) is 12.6 Å². The monoisotopic (exact) mass is 593 g/mol. The Hall–Kier alpha value is -2.19. The summed E-state index contributed by atoms with van der Waals surface area (Å²) in [6.45, 7) is 7.36. The van der Waals surface area contributed by atoms with Crippen molar-refractivity contribution in [2.45, 2.75) is 161 Å². The largest absolute Gasteiger partial charge is 0.481 e. The first-order valence-electron chi connectivity index (χ1n) is 16.7. The van der Waals surface area contributed by atoms with E-state index < -0.39 is 18.4 Å². The third-order valence-electron chi connectivity index (χ3n) is 7.82. The molecule has 1 aromatic heterocycles. The number of carbonyl (C=O) groups is 2. The lowest BCUT2D eigenvalue weighted by molar-refractivity contribution is -0.697. The van der Waals surface area contributed by atoms with Gasteiger partial charge in [0.15, 0.2) is 12.4 Å². The lowest BCUT2D eigenvalue weighted by Gasteiger charge is -2.25. The van der Waals surface area contributed by atoms with Crippen molar-refractivity contribution in [3.63, 3.8) is 0 Å². The summed E-state index contributed by atoms with van der Waals surface area (Å²) in [7, 11) is 1.58. The van der Waals surface area contributed by atoms with Crippen LogP contribution in [0.25, 0.3) is 0 Å². The number of aromatic nitrogens is 1. The summed E-state index contributed by atoms with van der Waals surface area (Å²) in [5.74, 6) is -0.840. The van der Waals surface area contributed by atoms with Gasteiger partial charge in [0.25, 0.3) is 0 Å². The van der Waals surface area contributed by atoms with Crippen molar-refractivity contribution in [3.8, 4) is 0 Å². The van der Waals surface area contributed by atoms with Crippen LogP contribution in [0.15, 0.2) is 24.5 Å². The van der Waals surface area contributed by atoms with Crippen LogP contribution in [0.3, 0.4) is 0 Å². The zero-order chi connectivity index (χ0) is 30.8. The molecule has 8 heteroatoms. The van der Waals surface area contributed by atoms with Gasteiger partial charge in [-0.05, 0) is 32.3 Å². The van der Waals surface area contributed by atoms with E-state index in [1.807, 2.05) is 36.0 Å². The number of carboxylic acids is 1. The number of carboxylic acid groups (broad SMARTS) is 1. The van der Waals surface area contributed by atoms with Crippen molar-refractivity contribution < 1.29 is 33.5 Å².